The fourth-order valence-electron chi connectivity index (χ4n) is 3.29. The van der Waals surface area contributed by atoms with Gasteiger partial charge in [0.1, 0.15) is 0 Å². The molecule has 18 heavy (non-hydrogen) atoms. The minimum absolute atomic E-state index is 0.327. The third kappa shape index (κ3) is 2.57. The van der Waals surface area contributed by atoms with E-state index in [0.29, 0.717) is 22.7 Å². The molecule has 2 unspecified atom stereocenters. The molecule has 100 valence electrons. The van der Waals surface area contributed by atoms with Gasteiger partial charge in [0.15, 0.2) is 0 Å². The van der Waals surface area contributed by atoms with Crippen molar-refractivity contribution in [3.05, 3.63) is 23.5 Å². The van der Waals surface area contributed by atoms with Crippen molar-refractivity contribution in [3.8, 4) is 0 Å². The van der Waals surface area contributed by atoms with E-state index in [1.165, 1.54) is 11.3 Å². The van der Waals surface area contributed by atoms with Crippen molar-refractivity contribution in [3.63, 3.8) is 0 Å². The van der Waals surface area contributed by atoms with Gasteiger partial charge in [-0.25, -0.2) is 0 Å². The van der Waals surface area contributed by atoms with E-state index in [2.05, 4.69) is 57.8 Å². The highest BCUT2D eigenvalue weighted by atomic mass is 15.1. The third-order valence-corrected chi connectivity index (χ3v) is 4.46. The summed E-state index contributed by atoms with van der Waals surface area (Å²) in [6, 6.07) is 2.15. The van der Waals surface area contributed by atoms with Crippen molar-refractivity contribution in [2.75, 3.05) is 0 Å². The van der Waals surface area contributed by atoms with Crippen molar-refractivity contribution in [1.29, 1.82) is 0 Å². The number of nitrogens with zero attached hydrogens (tertiary/aromatic N) is 2. The Morgan fingerprint density at radius 1 is 0.944 bits per heavy atom. The van der Waals surface area contributed by atoms with Crippen LogP contribution in [-0.4, -0.2) is 10.2 Å². The number of hydrogen-bond acceptors (Lipinski definition) is 2. The second-order valence-corrected chi connectivity index (χ2v) is 7.86. The molecule has 2 rings (SSSR count). The lowest BCUT2D eigenvalue weighted by Crippen LogP contribution is -2.41. The van der Waals surface area contributed by atoms with Crippen molar-refractivity contribution in [2.45, 2.75) is 54.4 Å². The van der Waals surface area contributed by atoms with Gasteiger partial charge in [-0.2, -0.15) is 10.2 Å². The summed E-state index contributed by atoms with van der Waals surface area (Å²) in [5, 5.41) is 8.40. The lowest BCUT2D eigenvalue weighted by molar-refractivity contribution is 0.0611. The van der Waals surface area contributed by atoms with Crippen molar-refractivity contribution >= 4 is 0 Å². The Morgan fingerprint density at radius 3 is 2.06 bits per heavy atom. The zero-order valence-electron chi connectivity index (χ0n) is 12.6. The van der Waals surface area contributed by atoms with Gasteiger partial charge in [0, 0.05) is 6.20 Å². The number of fused-ring (bicyclic) bond motifs is 1. The number of rotatable bonds is 0. The van der Waals surface area contributed by atoms with Gasteiger partial charge in [-0.3, -0.25) is 0 Å². The molecule has 1 heterocycles. The van der Waals surface area contributed by atoms with Crippen LogP contribution in [0.15, 0.2) is 12.3 Å². The van der Waals surface area contributed by atoms with Crippen LogP contribution < -0.4 is 0 Å². The summed E-state index contributed by atoms with van der Waals surface area (Å²) in [5.41, 5.74) is 3.30. The van der Waals surface area contributed by atoms with Crippen LogP contribution in [0.25, 0.3) is 0 Å². The molecule has 0 aromatic carbocycles. The Bertz CT molecular complexity index is 382. The largest absolute Gasteiger partial charge is 0.159 e. The zero-order chi connectivity index (χ0) is 13.6. The molecule has 0 radical (unpaired) electrons. The Morgan fingerprint density at radius 2 is 1.50 bits per heavy atom. The fourth-order valence-corrected chi connectivity index (χ4v) is 3.29. The first-order chi connectivity index (χ1) is 8.19. The minimum atomic E-state index is 0.327. The van der Waals surface area contributed by atoms with E-state index in [1.807, 2.05) is 6.20 Å². The van der Waals surface area contributed by atoms with Gasteiger partial charge in [-0.1, -0.05) is 41.5 Å². The van der Waals surface area contributed by atoms with Crippen LogP contribution in [0.3, 0.4) is 0 Å². The van der Waals surface area contributed by atoms with Gasteiger partial charge < -0.3 is 0 Å². The van der Waals surface area contributed by atoms with Gasteiger partial charge in [-0.15, -0.1) is 0 Å². The van der Waals surface area contributed by atoms with E-state index in [0.717, 1.165) is 12.8 Å². The van der Waals surface area contributed by atoms with Crippen molar-refractivity contribution < 1.29 is 0 Å². The lowest BCUT2D eigenvalue weighted by atomic mass is 9.58. The highest BCUT2D eigenvalue weighted by molar-refractivity contribution is 5.23. The van der Waals surface area contributed by atoms with Gasteiger partial charge in [-0.05, 0) is 47.1 Å². The molecule has 2 atom stereocenters. The molecule has 0 spiro atoms. The Balaban J connectivity index is 2.40. The molecule has 0 bridgehead atoms. The molecular weight excluding hydrogens is 220 g/mol. The van der Waals surface area contributed by atoms with Crippen molar-refractivity contribution in [2.24, 2.45) is 22.7 Å². The van der Waals surface area contributed by atoms with Crippen LogP contribution in [0.1, 0.15) is 52.8 Å². The van der Waals surface area contributed by atoms with E-state index in [1.54, 1.807) is 0 Å². The maximum atomic E-state index is 4.35. The first-order valence-electron chi connectivity index (χ1n) is 6.99. The standard InChI is InChI=1S/C16H26N2/c1-15(2,3)12-9-11-7-8-17-18-14(11)10-13(12)16(4,5)6/h7-8,12-13H,9-10H2,1-6H3. The van der Waals surface area contributed by atoms with Crippen LogP contribution in [-0.2, 0) is 12.8 Å². The minimum Gasteiger partial charge on any atom is -0.159 e. The summed E-state index contributed by atoms with van der Waals surface area (Å²) in [4.78, 5) is 0. The van der Waals surface area contributed by atoms with Crippen LogP contribution >= 0.6 is 0 Å². The summed E-state index contributed by atoms with van der Waals surface area (Å²) in [6.07, 6.45) is 4.06. The Kier molecular flexibility index (Phi) is 3.25. The van der Waals surface area contributed by atoms with Gasteiger partial charge in [0.25, 0.3) is 0 Å². The average Bonchev–Trinajstić information content (AvgIpc) is 2.25. The highest BCUT2D eigenvalue weighted by Gasteiger charge is 2.42. The fraction of sp³-hybridized carbons (Fsp3) is 0.750. The molecule has 2 nitrogen and oxygen atoms in total. The summed E-state index contributed by atoms with van der Waals surface area (Å²) in [6.45, 7) is 14.2. The molecule has 1 aromatic rings. The SMILES string of the molecule is CC(C)(C)C1Cc2ccnnc2CC1C(C)(C)C. The monoisotopic (exact) mass is 246 g/mol. The normalized spacial score (nSPS) is 24.8. The lowest BCUT2D eigenvalue weighted by Gasteiger charge is -2.46. The molecule has 0 amide bonds. The van der Waals surface area contributed by atoms with Crippen LogP contribution in [0, 0.1) is 22.7 Å². The van der Waals surface area contributed by atoms with Crippen molar-refractivity contribution in [1.82, 2.24) is 10.2 Å². The quantitative estimate of drug-likeness (QED) is 0.694. The number of aromatic nitrogens is 2. The molecule has 0 saturated carbocycles. The van der Waals surface area contributed by atoms with Gasteiger partial charge >= 0.3 is 0 Å². The third-order valence-electron chi connectivity index (χ3n) is 4.46. The molecular formula is C16H26N2. The van der Waals surface area contributed by atoms with E-state index in [4.69, 9.17) is 0 Å². The predicted octanol–water partition coefficient (Wildman–Crippen LogP) is 3.90. The zero-order valence-corrected chi connectivity index (χ0v) is 12.6. The maximum Gasteiger partial charge on any atom is 0.0666 e. The molecule has 0 fully saturated rings. The van der Waals surface area contributed by atoms with Crippen LogP contribution in [0.5, 0.6) is 0 Å². The van der Waals surface area contributed by atoms with Gasteiger partial charge in [0.2, 0.25) is 0 Å². The van der Waals surface area contributed by atoms with Crippen LogP contribution in [0.4, 0.5) is 0 Å². The smallest absolute Gasteiger partial charge is 0.0666 e. The number of hydrogen-bond donors (Lipinski definition) is 0. The molecule has 1 aromatic heterocycles. The van der Waals surface area contributed by atoms with E-state index >= 15 is 0 Å². The highest BCUT2D eigenvalue weighted by Crippen LogP contribution is 2.47. The average molecular weight is 246 g/mol. The summed E-state index contributed by atoms with van der Waals surface area (Å²) in [7, 11) is 0. The molecule has 0 N–H and O–H groups in total. The molecule has 0 aliphatic heterocycles. The van der Waals surface area contributed by atoms with E-state index in [-0.39, 0.29) is 0 Å². The topological polar surface area (TPSA) is 25.8 Å². The first kappa shape index (κ1) is 13.5. The molecule has 0 saturated heterocycles. The van der Waals surface area contributed by atoms with Crippen LogP contribution in [0.2, 0.25) is 0 Å². The second-order valence-electron chi connectivity index (χ2n) is 7.86. The van der Waals surface area contributed by atoms with E-state index < -0.39 is 0 Å². The predicted molar refractivity (Wildman–Crippen MR) is 75.3 cm³/mol. The Labute approximate surface area is 111 Å². The summed E-state index contributed by atoms with van der Waals surface area (Å²) < 4.78 is 0. The second kappa shape index (κ2) is 4.32. The maximum absolute atomic E-state index is 4.35. The summed E-state index contributed by atoms with van der Waals surface area (Å²) in [5.74, 6) is 1.40. The molecule has 2 heteroatoms. The molecule has 1 aliphatic carbocycles. The first-order valence-corrected chi connectivity index (χ1v) is 6.99. The Hall–Kier alpha value is -0.920. The summed E-state index contributed by atoms with van der Waals surface area (Å²) >= 11 is 0. The van der Waals surface area contributed by atoms with E-state index in [9.17, 15) is 0 Å². The van der Waals surface area contributed by atoms with Gasteiger partial charge in [0.05, 0.1) is 5.69 Å². The molecule has 1 aliphatic rings.